The summed E-state index contributed by atoms with van der Waals surface area (Å²) in [6.07, 6.45) is 4.15. The molecule has 1 aliphatic rings. The molecule has 1 aromatic heterocycles. The van der Waals surface area contributed by atoms with Gasteiger partial charge in [0.1, 0.15) is 23.2 Å². The van der Waals surface area contributed by atoms with E-state index in [2.05, 4.69) is 11.9 Å². The largest absolute Gasteiger partial charge is 0.438 e. The fourth-order valence-corrected chi connectivity index (χ4v) is 3.77. The molecule has 3 aromatic rings. The number of benzene rings is 2. The van der Waals surface area contributed by atoms with Gasteiger partial charge < -0.3 is 9.32 Å². The SMILES string of the molecule is CCCCC(=O)N1CCC[C@@H]1c1nc2cc(-c3ccc(F)cc3F)ccc2o1. The zero-order valence-corrected chi connectivity index (χ0v) is 15.8. The van der Waals surface area contributed by atoms with Gasteiger partial charge in [0, 0.05) is 24.6 Å². The number of fused-ring (bicyclic) bond motifs is 1. The van der Waals surface area contributed by atoms with Gasteiger partial charge in [0.2, 0.25) is 11.8 Å². The predicted molar refractivity (Wildman–Crippen MR) is 103 cm³/mol. The fraction of sp³-hybridized carbons (Fsp3) is 0.364. The molecule has 4 nitrogen and oxygen atoms in total. The number of rotatable bonds is 5. The summed E-state index contributed by atoms with van der Waals surface area (Å²) in [7, 11) is 0. The lowest BCUT2D eigenvalue weighted by Crippen LogP contribution is -2.30. The standard InChI is InChI=1S/C22H22F2N2O2/c1-2-3-6-21(27)26-11-4-5-19(26)22-25-18-12-14(7-10-20(18)28-22)16-9-8-15(23)13-17(16)24/h7-10,12-13,19H,2-6,11H2,1H3/t19-/m1/s1. The molecule has 2 heterocycles. The summed E-state index contributed by atoms with van der Waals surface area (Å²) in [6.45, 7) is 2.79. The van der Waals surface area contributed by atoms with Crippen LogP contribution in [0.15, 0.2) is 40.8 Å². The van der Waals surface area contributed by atoms with E-state index in [1.807, 2.05) is 4.90 Å². The van der Waals surface area contributed by atoms with E-state index in [-0.39, 0.29) is 11.9 Å². The van der Waals surface area contributed by atoms with Crippen LogP contribution < -0.4 is 0 Å². The van der Waals surface area contributed by atoms with Crippen LogP contribution in [-0.4, -0.2) is 22.3 Å². The predicted octanol–water partition coefficient (Wildman–Crippen LogP) is 5.63. The average Bonchev–Trinajstić information content (AvgIpc) is 3.32. The molecule has 1 atom stereocenters. The lowest BCUT2D eigenvalue weighted by molar-refractivity contribution is -0.132. The first kappa shape index (κ1) is 18.6. The third kappa shape index (κ3) is 3.51. The molecule has 0 bridgehead atoms. The molecular formula is C22H22F2N2O2. The maximum Gasteiger partial charge on any atom is 0.223 e. The minimum absolute atomic E-state index is 0.140. The third-order valence-electron chi connectivity index (χ3n) is 5.25. The Hall–Kier alpha value is -2.76. The van der Waals surface area contributed by atoms with Crippen LogP contribution in [0.5, 0.6) is 0 Å². The van der Waals surface area contributed by atoms with E-state index >= 15 is 0 Å². The summed E-state index contributed by atoms with van der Waals surface area (Å²) in [5, 5.41) is 0. The quantitative estimate of drug-likeness (QED) is 0.573. The molecule has 0 unspecified atom stereocenters. The highest BCUT2D eigenvalue weighted by atomic mass is 19.1. The Morgan fingerprint density at radius 2 is 2.11 bits per heavy atom. The molecule has 1 fully saturated rings. The molecule has 146 valence electrons. The van der Waals surface area contributed by atoms with Gasteiger partial charge in [-0.15, -0.1) is 0 Å². The van der Waals surface area contributed by atoms with Crippen LogP contribution in [0.25, 0.3) is 22.2 Å². The number of hydrogen-bond donors (Lipinski definition) is 0. The Labute approximate surface area is 162 Å². The van der Waals surface area contributed by atoms with Gasteiger partial charge in [0.15, 0.2) is 5.58 Å². The van der Waals surface area contributed by atoms with Crippen LogP contribution in [-0.2, 0) is 4.79 Å². The monoisotopic (exact) mass is 384 g/mol. The second-order valence-electron chi connectivity index (χ2n) is 7.21. The van der Waals surface area contributed by atoms with Crippen molar-refractivity contribution in [2.75, 3.05) is 6.54 Å². The lowest BCUT2D eigenvalue weighted by Gasteiger charge is -2.22. The summed E-state index contributed by atoms with van der Waals surface area (Å²) in [5.41, 5.74) is 2.11. The zero-order valence-electron chi connectivity index (χ0n) is 15.8. The molecular weight excluding hydrogens is 362 g/mol. The van der Waals surface area contributed by atoms with Gasteiger partial charge >= 0.3 is 0 Å². The Kier molecular flexibility index (Phi) is 5.11. The number of halogens is 2. The smallest absolute Gasteiger partial charge is 0.223 e. The number of nitrogens with zero attached hydrogens (tertiary/aromatic N) is 2. The molecule has 4 rings (SSSR count). The van der Waals surface area contributed by atoms with Crippen molar-refractivity contribution in [1.29, 1.82) is 0 Å². The van der Waals surface area contributed by atoms with Crippen molar-refractivity contribution < 1.29 is 18.0 Å². The van der Waals surface area contributed by atoms with Crippen molar-refractivity contribution in [2.24, 2.45) is 0 Å². The summed E-state index contributed by atoms with van der Waals surface area (Å²) in [5.74, 6) is -0.568. The van der Waals surface area contributed by atoms with Gasteiger partial charge in [0.25, 0.3) is 0 Å². The molecule has 1 aliphatic heterocycles. The number of unbranched alkanes of at least 4 members (excludes halogenated alkanes) is 1. The molecule has 1 amide bonds. The zero-order chi connectivity index (χ0) is 19.7. The first-order chi connectivity index (χ1) is 13.6. The van der Waals surface area contributed by atoms with Crippen LogP contribution in [0.2, 0.25) is 0 Å². The van der Waals surface area contributed by atoms with Crippen LogP contribution >= 0.6 is 0 Å². The van der Waals surface area contributed by atoms with Crippen molar-refractivity contribution >= 4 is 17.0 Å². The maximum absolute atomic E-state index is 14.1. The Morgan fingerprint density at radius 3 is 2.89 bits per heavy atom. The van der Waals surface area contributed by atoms with Crippen molar-refractivity contribution in [2.45, 2.75) is 45.1 Å². The highest BCUT2D eigenvalue weighted by Gasteiger charge is 2.33. The van der Waals surface area contributed by atoms with Crippen LogP contribution in [0.3, 0.4) is 0 Å². The van der Waals surface area contributed by atoms with Gasteiger partial charge in [-0.2, -0.15) is 0 Å². The Balaban J connectivity index is 1.64. The fourth-order valence-electron chi connectivity index (χ4n) is 3.77. The van der Waals surface area contributed by atoms with Crippen molar-refractivity contribution in [3.63, 3.8) is 0 Å². The summed E-state index contributed by atoms with van der Waals surface area (Å²) in [4.78, 5) is 18.9. The number of carbonyl (C=O) groups excluding carboxylic acids is 1. The normalized spacial score (nSPS) is 16.8. The first-order valence-corrected chi connectivity index (χ1v) is 9.72. The van der Waals surface area contributed by atoms with Gasteiger partial charge in [-0.3, -0.25) is 4.79 Å². The van der Waals surface area contributed by atoms with Crippen LogP contribution in [0.4, 0.5) is 8.78 Å². The summed E-state index contributed by atoms with van der Waals surface area (Å²) < 4.78 is 33.2. The van der Waals surface area contributed by atoms with E-state index in [9.17, 15) is 13.6 Å². The van der Waals surface area contributed by atoms with Crippen LogP contribution in [0.1, 0.15) is 51.0 Å². The van der Waals surface area contributed by atoms with Gasteiger partial charge in [-0.25, -0.2) is 13.8 Å². The van der Waals surface area contributed by atoms with Crippen LogP contribution in [0, 0.1) is 11.6 Å². The molecule has 6 heteroatoms. The van der Waals surface area contributed by atoms with Crippen molar-refractivity contribution in [1.82, 2.24) is 9.88 Å². The first-order valence-electron chi connectivity index (χ1n) is 9.72. The van der Waals surface area contributed by atoms with Gasteiger partial charge in [-0.1, -0.05) is 19.4 Å². The van der Waals surface area contributed by atoms with E-state index in [0.29, 0.717) is 34.5 Å². The number of hydrogen-bond acceptors (Lipinski definition) is 3. The molecule has 1 saturated heterocycles. The van der Waals surface area contributed by atoms with E-state index in [1.165, 1.54) is 12.1 Å². The highest BCUT2D eigenvalue weighted by Crippen LogP contribution is 2.35. The third-order valence-corrected chi connectivity index (χ3v) is 5.25. The number of likely N-dealkylation sites (tertiary alicyclic amines) is 1. The molecule has 28 heavy (non-hydrogen) atoms. The number of aromatic nitrogens is 1. The molecule has 0 radical (unpaired) electrons. The number of oxazole rings is 1. The average molecular weight is 384 g/mol. The highest BCUT2D eigenvalue weighted by molar-refractivity contribution is 5.81. The number of amides is 1. The maximum atomic E-state index is 14.1. The molecule has 0 aliphatic carbocycles. The van der Waals surface area contributed by atoms with E-state index in [0.717, 1.165) is 38.3 Å². The second kappa shape index (κ2) is 7.70. The van der Waals surface area contributed by atoms with E-state index in [1.54, 1.807) is 18.2 Å². The minimum atomic E-state index is -0.619. The van der Waals surface area contributed by atoms with Crippen molar-refractivity contribution in [3.8, 4) is 11.1 Å². The second-order valence-corrected chi connectivity index (χ2v) is 7.21. The minimum Gasteiger partial charge on any atom is -0.438 e. The lowest BCUT2D eigenvalue weighted by atomic mass is 10.0. The number of carbonyl (C=O) groups is 1. The topological polar surface area (TPSA) is 46.3 Å². The van der Waals surface area contributed by atoms with E-state index in [4.69, 9.17) is 4.42 Å². The van der Waals surface area contributed by atoms with Crippen molar-refractivity contribution in [3.05, 3.63) is 53.9 Å². The Morgan fingerprint density at radius 1 is 1.25 bits per heavy atom. The Bertz CT molecular complexity index is 1010. The van der Waals surface area contributed by atoms with E-state index < -0.39 is 11.6 Å². The molecule has 2 aromatic carbocycles. The van der Waals surface area contributed by atoms with Gasteiger partial charge in [-0.05, 0) is 49.1 Å². The molecule has 0 spiro atoms. The summed E-state index contributed by atoms with van der Waals surface area (Å²) >= 11 is 0. The molecule has 0 N–H and O–H groups in total. The summed E-state index contributed by atoms with van der Waals surface area (Å²) in [6, 6.07) is 8.56. The van der Waals surface area contributed by atoms with Gasteiger partial charge in [0.05, 0.1) is 0 Å². The molecule has 0 saturated carbocycles.